The zero-order valence-electron chi connectivity index (χ0n) is 16.5. The summed E-state index contributed by atoms with van der Waals surface area (Å²) in [6.45, 7) is 3.35. The van der Waals surface area contributed by atoms with Gasteiger partial charge >= 0.3 is 12.1 Å². The molecule has 0 aliphatic rings. The van der Waals surface area contributed by atoms with E-state index in [-0.39, 0.29) is 12.5 Å². The summed E-state index contributed by atoms with van der Waals surface area (Å²) in [7, 11) is 0. The number of hydrogen-bond donors (Lipinski definition) is 5. The quantitative estimate of drug-likeness (QED) is 0.412. The molecule has 0 radical (unpaired) electrons. The summed E-state index contributed by atoms with van der Waals surface area (Å²) in [5.41, 5.74) is 1.44. The maximum atomic E-state index is 12.5. The van der Waals surface area contributed by atoms with Crippen LogP contribution in [0.15, 0.2) is 42.7 Å². The van der Waals surface area contributed by atoms with Crippen molar-refractivity contribution in [2.45, 2.75) is 25.6 Å². The van der Waals surface area contributed by atoms with Gasteiger partial charge in [-0.25, -0.2) is 9.78 Å². The largest absolute Gasteiger partial charge is 0.490 e. The van der Waals surface area contributed by atoms with Crippen molar-refractivity contribution in [2.24, 2.45) is 0 Å². The molecule has 1 aromatic carbocycles. The van der Waals surface area contributed by atoms with E-state index in [1.807, 2.05) is 18.2 Å². The number of hydrogen-bond acceptors (Lipinski definition) is 6. The zero-order valence-corrected chi connectivity index (χ0v) is 16.5. The minimum atomic E-state index is -5.08. The summed E-state index contributed by atoms with van der Waals surface area (Å²) in [5, 5.41) is 30.2. The lowest BCUT2D eigenvalue weighted by molar-refractivity contribution is -0.192. The molecule has 5 N–H and O–H groups in total. The summed E-state index contributed by atoms with van der Waals surface area (Å²) in [6, 6.07) is 9.10. The summed E-state index contributed by atoms with van der Waals surface area (Å²) in [5.74, 6) is -2.60. The Morgan fingerprint density at radius 1 is 1.19 bits per heavy atom. The van der Waals surface area contributed by atoms with Crippen LogP contribution in [0.5, 0.6) is 0 Å². The van der Waals surface area contributed by atoms with Crippen LogP contribution in [0.2, 0.25) is 0 Å². The number of H-pyrrole nitrogens is 1. The number of carboxylic acid groups (broad SMARTS) is 1. The summed E-state index contributed by atoms with van der Waals surface area (Å²) in [4.78, 5) is 25.6. The van der Waals surface area contributed by atoms with Gasteiger partial charge in [0.15, 0.2) is 0 Å². The van der Waals surface area contributed by atoms with Gasteiger partial charge in [-0.15, -0.1) is 0 Å². The van der Waals surface area contributed by atoms with Gasteiger partial charge in [0.2, 0.25) is 0 Å². The van der Waals surface area contributed by atoms with Crippen LogP contribution in [0.4, 0.5) is 24.7 Å². The van der Waals surface area contributed by atoms with Crippen LogP contribution < -0.4 is 10.6 Å². The molecular weight excluding hydrogens is 419 g/mol. The fourth-order valence-corrected chi connectivity index (χ4v) is 2.26. The minimum absolute atomic E-state index is 0.154. The summed E-state index contributed by atoms with van der Waals surface area (Å²) >= 11 is 0. The van der Waals surface area contributed by atoms with Gasteiger partial charge in [-0.3, -0.25) is 9.89 Å². The number of amides is 1. The molecule has 0 aliphatic carbocycles. The number of aliphatic hydroxyl groups is 1. The number of fused-ring (bicyclic) bond motifs is 1. The predicted octanol–water partition coefficient (Wildman–Crippen LogP) is 2.84. The van der Waals surface area contributed by atoms with Crippen LogP contribution in [0.25, 0.3) is 10.9 Å². The molecule has 166 valence electrons. The van der Waals surface area contributed by atoms with E-state index in [1.54, 1.807) is 38.4 Å². The Bertz CT molecular complexity index is 1070. The van der Waals surface area contributed by atoms with E-state index in [0.717, 1.165) is 16.6 Å². The molecule has 31 heavy (non-hydrogen) atoms. The number of aliphatic hydroxyl groups excluding tert-OH is 1. The lowest BCUT2D eigenvalue weighted by Gasteiger charge is -2.24. The molecule has 2 heterocycles. The van der Waals surface area contributed by atoms with E-state index in [1.165, 1.54) is 0 Å². The van der Waals surface area contributed by atoms with Gasteiger partial charge in [0, 0.05) is 17.3 Å². The first kappa shape index (κ1) is 23.6. The number of benzene rings is 1. The Morgan fingerprint density at radius 3 is 2.48 bits per heavy atom. The van der Waals surface area contributed by atoms with E-state index in [9.17, 15) is 23.1 Å². The van der Waals surface area contributed by atoms with Gasteiger partial charge in [0.05, 0.1) is 29.4 Å². The number of anilines is 2. The standard InChI is InChI=1S/C17H19N5O2.C2HF3O2/c1-17(2,10-23)21-16(24)13-4-3-7-18-15(13)20-12-5-6-14-11(8-12)9-19-22-14;3-2(4,5)1(6)7/h3-9,23H,10H2,1-2H3,(H,18,20)(H,19,22)(H,21,24);(H,6,7). The molecule has 1 amide bonds. The first-order valence-corrected chi connectivity index (χ1v) is 8.81. The zero-order chi connectivity index (χ0) is 23.2. The average Bonchev–Trinajstić information content (AvgIpc) is 3.15. The number of aliphatic carboxylic acids is 1. The second kappa shape index (κ2) is 9.43. The second-order valence-corrected chi connectivity index (χ2v) is 7.00. The van der Waals surface area contributed by atoms with Crippen molar-refractivity contribution < 1.29 is 33.0 Å². The number of carbonyl (C=O) groups is 2. The molecule has 0 bridgehead atoms. The number of nitrogens with one attached hydrogen (secondary N) is 3. The Balaban J connectivity index is 0.000000423. The Hall–Kier alpha value is -3.67. The molecule has 12 heteroatoms. The lowest BCUT2D eigenvalue weighted by atomic mass is 10.1. The average molecular weight is 439 g/mol. The molecule has 0 saturated heterocycles. The number of aromatic nitrogens is 3. The first-order valence-electron chi connectivity index (χ1n) is 8.81. The van der Waals surface area contributed by atoms with Gasteiger partial charge in [0.25, 0.3) is 5.91 Å². The van der Waals surface area contributed by atoms with E-state index < -0.39 is 17.7 Å². The third kappa shape index (κ3) is 6.67. The van der Waals surface area contributed by atoms with Gasteiger partial charge in [-0.05, 0) is 44.2 Å². The van der Waals surface area contributed by atoms with E-state index in [0.29, 0.717) is 11.4 Å². The molecular formula is C19H20F3N5O4. The number of alkyl halides is 3. The molecule has 3 aromatic rings. The number of aromatic amines is 1. The van der Waals surface area contributed by atoms with E-state index in [4.69, 9.17) is 9.90 Å². The van der Waals surface area contributed by atoms with Crippen LogP contribution in [-0.2, 0) is 4.79 Å². The third-order valence-corrected chi connectivity index (χ3v) is 3.84. The number of carboxylic acids is 1. The van der Waals surface area contributed by atoms with E-state index in [2.05, 4.69) is 25.8 Å². The molecule has 3 rings (SSSR count). The highest BCUT2D eigenvalue weighted by Crippen LogP contribution is 2.22. The fraction of sp³-hybridized carbons (Fsp3) is 0.263. The monoisotopic (exact) mass is 439 g/mol. The highest BCUT2D eigenvalue weighted by atomic mass is 19.4. The van der Waals surface area contributed by atoms with Crippen molar-refractivity contribution in [3.05, 3.63) is 48.3 Å². The van der Waals surface area contributed by atoms with Crippen LogP contribution in [-0.4, -0.2) is 55.6 Å². The molecule has 0 saturated carbocycles. The van der Waals surface area contributed by atoms with E-state index >= 15 is 0 Å². The molecule has 0 fully saturated rings. The number of carbonyl (C=O) groups excluding carboxylic acids is 1. The van der Waals surface area contributed by atoms with Crippen molar-refractivity contribution in [1.29, 1.82) is 0 Å². The van der Waals surface area contributed by atoms with Crippen molar-refractivity contribution in [3.8, 4) is 0 Å². The normalized spacial score (nSPS) is 11.4. The van der Waals surface area contributed by atoms with Crippen LogP contribution in [0.1, 0.15) is 24.2 Å². The van der Waals surface area contributed by atoms with Gasteiger partial charge in [-0.2, -0.15) is 18.3 Å². The van der Waals surface area contributed by atoms with Gasteiger partial charge in [0.1, 0.15) is 5.82 Å². The number of nitrogens with zero attached hydrogens (tertiary/aromatic N) is 2. The molecule has 0 spiro atoms. The predicted molar refractivity (Wildman–Crippen MR) is 106 cm³/mol. The number of rotatable bonds is 5. The van der Waals surface area contributed by atoms with Crippen LogP contribution >= 0.6 is 0 Å². The maximum Gasteiger partial charge on any atom is 0.490 e. The fourth-order valence-electron chi connectivity index (χ4n) is 2.26. The highest BCUT2D eigenvalue weighted by molar-refractivity contribution is 6.00. The molecule has 0 aliphatic heterocycles. The highest BCUT2D eigenvalue weighted by Gasteiger charge is 2.38. The second-order valence-electron chi connectivity index (χ2n) is 7.00. The van der Waals surface area contributed by atoms with Gasteiger partial charge < -0.3 is 20.8 Å². The molecule has 2 aromatic heterocycles. The third-order valence-electron chi connectivity index (χ3n) is 3.84. The van der Waals surface area contributed by atoms with Crippen molar-refractivity contribution >= 4 is 34.3 Å². The van der Waals surface area contributed by atoms with Gasteiger partial charge in [-0.1, -0.05) is 0 Å². The Kier molecular flexibility index (Phi) is 7.18. The lowest BCUT2D eigenvalue weighted by Crippen LogP contribution is -2.46. The number of halogens is 3. The van der Waals surface area contributed by atoms with Crippen molar-refractivity contribution in [3.63, 3.8) is 0 Å². The van der Waals surface area contributed by atoms with Crippen molar-refractivity contribution in [1.82, 2.24) is 20.5 Å². The van der Waals surface area contributed by atoms with Crippen molar-refractivity contribution in [2.75, 3.05) is 11.9 Å². The summed E-state index contributed by atoms with van der Waals surface area (Å²) in [6.07, 6.45) is -1.73. The Morgan fingerprint density at radius 2 is 1.87 bits per heavy atom. The topological polar surface area (TPSA) is 140 Å². The molecule has 9 nitrogen and oxygen atoms in total. The number of pyridine rings is 1. The first-order chi connectivity index (χ1) is 14.4. The molecule has 0 atom stereocenters. The SMILES string of the molecule is CC(C)(CO)NC(=O)c1cccnc1Nc1ccc2[nH]ncc2c1.O=C(O)C(F)(F)F. The van der Waals surface area contributed by atoms with Crippen LogP contribution in [0.3, 0.4) is 0 Å². The Labute approximate surface area is 174 Å². The minimum Gasteiger partial charge on any atom is -0.475 e. The smallest absolute Gasteiger partial charge is 0.475 e. The summed E-state index contributed by atoms with van der Waals surface area (Å²) < 4.78 is 31.7. The maximum absolute atomic E-state index is 12.5. The van der Waals surface area contributed by atoms with Crippen LogP contribution in [0, 0.1) is 0 Å². The molecule has 0 unspecified atom stereocenters.